The van der Waals surface area contributed by atoms with Gasteiger partial charge < -0.3 is 19.4 Å². The lowest BCUT2D eigenvalue weighted by Gasteiger charge is -2.22. The third-order valence-corrected chi connectivity index (χ3v) is 5.30. The van der Waals surface area contributed by atoms with Crippen molar-refractivity contribution in [2.24, 2.45) is 5.92 Å². The molecule has 0 radical (unpaired) electrons. The molecule has 1 N–H and O–H groups in total. The maximum Gasteiger partial charge on any atom is 0.223 e. The van der Waals surface area contributed by atoms with E-state index in [-0.39, 0.29) is 17.9 Å². The number of nitrogens with one attached hydrogen (secondary N) is 1. The number of carbonyl (C=O) groups excluding carboxylic acids is 1. The summed E-state index contributed by atoms with van der Waals surface area (Å²) < 4.78 is 13.1. The van der Waals surface area contributed by atoms with Gasteiger partial charge in [0.1, 0.15) is 5.82 Å². The molecule has 2 aromatic rings. The topological polar surface area (TPSA) is 81.5 Å². The molecule has 1 aromatic carbocycles. The van der Waals surface area contributed by atoms with Gasteiger partial charge in [0.15, 0.2) is 17.3 Å². The van der Waals surface area contributed by atoms with Crippen molar-refractivity contribution in [2.45, 2.75) is 46.3 Å². The molecule has 1 aromatic heterocycles. The molecule has 0 unspecified atom stereocenters. The summed E-state index contributed by atoms with van der Waals surface area (Å²) in [6.07, 6.45) is 0.810. The lowest BCUT2D eigenvalue weighted by atomic mass is 10.1. The summed E-state index contributed by atoms with van der Waals surface area (Å²) in [5, 5.41) is 11.8. The van der Waals surface area contributed by atoms with Crippen LogP contribution in [0.1, 0.15) is 44.0 Å². The molecule has 1 amide bonds. The number of hydrogen-bond acceptors (Lipinski definition) is 6. The first-order valence-electron chi connectivity index (χ1n) is 10.1. The fraction of sp³-hybridized carbons (Fsp3) is 0.571. The van der Waals surface area contributed by atoms with Crippen LogP contribution in [0.3, 0.4) is 0 Å². The molecule has 8 heteroatoms. The Morgan fingerprint density at radius 3 is 2.62 bits per heavy atom. The Bertz CT molecular complexity index is 849. The van der Waals surface area contributed by atoms with E-state index in [1.807, 2.05) is 32.9 Å². The fourth-order valence-electron chi connectivity index (χ4n) is 3.63. The van der Waals surface area contributed by atoms with Crippen molar-refractivity contribution in [3.63, 3.8) is 0 Å². The summed E-state index contributed by atoms with van der Waals surface area (Å²) in [6.45, 7) is 9.03. The highest BCUT2D eigenvalue weighted by Crippen LogP contribution is 2.31. The fourth-order valence-corrected chi connectivity index (χ4v) is 3.63. The van der Waals surface area contributed by atoms with E-state index in [2.05, 4.69) is 31.0 Å². The molecule has 0 aliphatic carbocycles. The molecule has 0 spiro atoms. The van der Waals surface area contributed by atoms with E-state index in [0.29, 0.717) is 0 Å². The van der Waals surface area contributed by atoms with Crippen LogP contribution in [0.5, 0.6) is 11.5 Å². The van der Waals surface area contributed by atoms with E-state index in [4.69, 9.17) is 9.47 Å². The Kier molecular flexibility index (Phi) is 6.74. The van der Waals surface area contributed by atoms with Crippen LogP contribution in [0.4, 0.5) is 0 Å². The summed E-state index contributed by atoms with van der Waals surface area (Å²) in [6, 6.07) is 5.80. The second kappa shape index (κ2) is 9.26. The number of methoxy groups -OCH3 is 2. The number of para-hydroxylation sites is 1. The Morgan fingerprint density at radius 2 is 1.93 bits per heavy atom. The third-order valence-electron chi connectivity index (χ3n) is 5.30. The first-order valence-corrected chi connectivity index (χ1v) is 10.1. The van der Waals surface area contributed by atoms with Crippen LogP contribution < -0.4 is 14.8 Å². The summed E-state index contributed by atoms with van der Waals surface area (Å²) in [7, 11) is 3.32. The molecule has 1 atom stereocenters. The summed E-state index contributed by atoms with van der Waals surface area (Å²) in [4.78, 5) is 14.4. The monoisotopic (exact) mass is 401 g/mol. The van der Waals surface area contributed by atoms with Gasteiger partial charge in [-0.2, -0.15) is 0 Å². The van der Waals surface area contributed by atoms with Crippen LogP contribution in [0, 0.1) is 5.92 Å². The molecule has 158 valence electrons. The van der Waals surface area contributed by atoms with Gasteiger partial charge in [-0.3, -0.25) is 9.69 Å². The number of fused-ring (bicyclic) bond motifs is 1. The highest BCUT2D eigenvalue weighted by molar-refractivity contribution is 5.78. The van der Waals surface area contributed by atoms with Gasteiger partial charge in [-0.05, 0) is 13.0 Å². The van der Waals surface area contributed by atoms with E-state index in [9.17, 15) is 4.79 Å². The second-order valence-electron chi connectivity index (χ2n) is 7.69. The van der Waals surface area contributed by atoms with Gasteiger partial charge in [-0.25, -0.2) is 0 Å². The van der Waals surface area contributed by atoms with Crippen molar-refractivity contribution in [2.75, 3.05) is 27.3 Å². The number of hydrogen-bond donors (Lipinski definition) is 1. The maximum absolute atomic E-state index is 12.1. The van der Waals surface area contributed by atoms with Gasteiger partial charge in [-0.1, -0.05) is 26.0 Å². The van der Waals surface area contributed by atoms with Crippen molar-refractivity contribution >= 4 is 5.91 Å². The van der Waals surface area contributed by atoms with Crippen molar-refractivity contribution < 1.29 is 14.3 Å². The van der Waals surface area contributed by atoms with E-state index >= 15 is 0 Å². The highest BCUT2D eigenvalue weighted by Gasteiger charge is 2.24. The Hall–Kier alpha value is -2.61. The zero-order valence-electron chi connectivity index (χ0n) is 17.9. The summed E-state index contributed by atoms with van der Waals surface area (Å²) in [5.74, 6) is 3.27. The molecule has 2 heterocycles. The largest absolute Gasteiger partial charge is 0.493 e. The van der Waals surface area contributed by atoms with Gasteiger partial charge in [0.2, 0.25) is 5.91 Å². The van der Waals surface area contributed by atoms with E-state index in [1.165, 1.54) is 0 Å². The molecule has 0 saturated carbocycles. The molecular weight excluding hydrogens is 370 g/mol. The molecular formula is C21H31N5O3. The van der Waals surface area contributed by atoms with Crippen molar-refractivity contribution in [1.29, 1.82) is 0 Å². The predicted octanol–water partition coefficient (Wildman–Crippen LogP) is 2.19. The van der Waals surface area contributed by atoms with Crippen LogP contribution in [0.2, 0.25) is 0 Å². The van der Waals surface area contributed by atoms with Gasteiger partial charge in [0.05, 0.1) is 20.3 Å². The van der Waals surface area contributed by atoms with Gasteiger partial charge in [0.25, 0.3) is 0 Å². The summed E-state index contributed by atoms with van der Waals surface area (Å²) in [5.41, 5.74) is 1.10. The van der Waals surface area contributed by atoms with Crippen molar-refractivity contribution in [3.8, 4) is 11.5 Å². The number of aromatic nitrogens is 3. The number of nitrogens with zero attached hydrogens (tertiary/aromatic N) is 4. The number of amides is 1. The molecule has 0 bridgehead atoms. The number of ether oxygens (including phenoxy) is 2. The normalized spacial score (nSPS) is 15.5. The number of carbonyl (C=O) groups is 1. The average molecular weight is 402 g/mol. The molecule has 0 saturated heterocycles. The zero-order valence-corrected chi connectivity index (χ0v) is 17.9. The lowest BCUT2D eigenvalue weighted by molar-refractivity contribution is -0.124. The first kappa shape index (κ1) is 21.1. The molecule has 3 rings (SSSR count). The minimum Gasteiger partial charge on any atom is -0.493 e. The van der Waals surface area contributed by atoms with Crippen LogP contribution in [-0.4, -0.2) is 52.9 Å². The van der Waals surface area contributed by atoms with Crippen LogP contribution >= 0.6 is 0 Å². The first-order chi connectivity index (χ1) is 13.9. The number of benzene rings is 1. The quantitative estimate of drug-likeness (QED) is 0.766. The van der Waals surface area contributed by atoms with Crippen LogP contribution in [0.15, 0.2) is 18.2 Å². The predicted molar refractivity (Wildman–Crippen MR) is 110 cm³/mol. The zero-order chi connectivity index (χ0) is 21.0. The summed E-state index contributed by atoms with van der Waals surface area (Å²) >= 11 is 0. The van der Waals surface area contributed by atoms with Crippen molar-refractivity contribution in [1.82, 2.24) is 25.0 Å². The highest BCUT2D eigenvalue weighted by atomic mass is 16.5. The van der Waals surface area contributed by atoms with Crippen LogP contribution in [0.25, 0.3) is 0 Å². The van der Waals surface area contributed by atoms with Gasteiger partial charge in [-0.15, -0.1) is 10.2 Å². The van der Waals surface area contributed by atoms with Gasteiger partial charge >= 0.3 is 0 Å². The number of rotatable bonds is 7. The van der Waals surface area contributed by atoms with Gasteiger partial charge in [0, 0.05) is 44.1 Å². The molecule has 0 fully saturated rings. The van der Waals surface area contributed by atoms with E-state index in [1.54, 1.807) is 14.2 Å². The minimum absolute atomic E-state index is 0.0234. The second-order valence-corrected chi connectivity index (χ2v) is 7.69. The van der Waals surface area contributed by atoms with E-state index in [0.717, 1.165) is 61.3 Å². The minimum atomic E-state index is -0.170. The van der Waals surface area contributed by atoms with Crippen molar-refractivity contribution in [3.05, 3.63) is 35.4 Å². The van der Waals surface area contributed by atoms with E-state index < -0.39 is 0 Å². The Morgan fingerprint density at radius 1 is 1.14 bits per heavy atom. The standard InChI is InChI=1S/C21H31N5O3/c1-14(2)21(27)22-15(3)20-24-23-18-9-10-25(11-12-26(18)20)13-16-7-6-8-17(28-4)19(16)29-5/h6-8,14-15H,9-13H2,1-5H3,(H,22,27)/t15-/m0/s1. The SMILES string of the molecule is COc1cccc(CN2CCc3nnc([C@H](C)NC(=O)C(C)C)n3CC2)c1OC. The van der Waals surface area contributed by atoms with Crippen LogP contribution in [-0.2, 0) is 24.3 Å². The average Bonchev–Trinajstić information content (AvgIpc) is 3.02. The smallest absolute Gasteiger partial charge is 0.223 e. The molecule has 1 aliphatic heterocycles. The third kappa shape index (κ3) is 4.70. The molecule has 29 heavy (non-hydrogen) atoms. The Labute approximate surface area is 172 Å². The lowest BCUT2D eigenvalue weighted by Crippen LogP contribution is -2.32. The maximum atomic E-state index is 12.1. The molecule has 8 nitrogen and oxygen atoms in total. The molecule has 1 aliphatic rings. The Balaban J connectivity index is 1.70.